The van der Waals surface area contributed by atoms with Crippen molar-refractivity contribution in [3.05, 3.63) is 11.0 Å². The van der Waals surface area contributed by atoms with Gasteiger partial charge < -0.3 is 11.1 Å². The van der Waals surface area contributed by atoms with Crippen LogP contribution in [0.25, 0.3) is 0 Å². The van der Waals surface area contributed by atoms with Crippen LogP contribution in [0, 0.1) is 6.92 Å². The molecule has 0 bridgehead atoms. The number of nitrogens with one attached hydrogen (secondary N) is 1. The highest BCUT2D eigenvalue weighted by atomic mass is 35.5. The number of aromatic nitrogens is 2. The number of nitrogens with two attached hydrogens (primary N) is 1. The van der Waals surface area contributed by atoms with E-state index in [0.717, 1.165) is 6.42 Å². The van der Waals surface area contributed by atoms with Crippen LogP contribution in [-0.4, -0.2) is 35.9 Å². The van der Waals surface area contributed by atoms with Gasteiger partial charge in [0.25, 0.3) is 0 Å². The number of aryl methyl sites for hydroxylation is 1. The third-order valence-electron chi connectivity index (χ3n) is 2.91. The van der Waals surface area contributed by atoms with Crippen LogP contribution in [0.2, 0.25) is 5.28 Å². The molecule has 18 heavy (non-hydrogen) atoms. The maximum absolute atomic E-state index is 11.5. The Bertz CT molecular complexity index is 561. The molecule has 100 valence electrons. The van der Waals surface area contributed by atoms with Crippen LogP contribution in [0.4, 0.5) is 11.5 Å². The van der Waals surface area contributed by atoms with Gasteiger partial charge in [-0.1, -0.05) is 0 Å². The van der Waals surface area contributed by atoms with Crippen LogP contribution in [-0.2, 0) is 9.84 Å². The Morgan fingerprint density at radius 2 is 2.17 bits per heavy atom. The summed E-state index contributed by atoms with van der Waals surface area (Å²) in [4.78, 5) is 7.93. The van der Waals surface area contributed by atoms with E-state index in [2.05, 4.69) is 15.3 Å². The van der Waals surface area contributed by atoms with Gasteiger partial charge in [-0.15, -0.1) is 0 Å². The molecule has 1 atom stereocenters. The van der Waals surface area contributed by atoms with Crippen LogP contribution in [0.1, 0.15) is 18.5 Å². The van der Waals surface area contributed by atoms with Crippen molar-refractivity contribution in [3.8, 4) is 0 Å². The largest absolute Gasteiger partial charge is 0.394 e. The standard InChI is InChI=1S/C10H15ClN4O2S/c1-6-8(12)9(15-10(11)13-6)14-7-3-2-4-18(16,17)5-7/h7H,2-5,12H2,1H3,(H,13,14,15). The summed E-state index contributed by atoms with van der Waals surface area (Å²) in [6, 6.07) is -0.170. The van der Waals surface area contributed by atoms with Crippen molar-refractivity contribution in [1.29, 1.82) is 0 Å². The third kappa shape index (κ3) is 3.02. The van der Waals surface area contributed by atoms with Crippen molar-refractivity contribution in [2.24, 2.45) is 0 Å². The Morgan fingerprint density at radius 1 is 1.44 bits per heavy atom. The molecule has 0 spiro atoms. The summed E-state index contributed by atoms with van der Waals surface area (Å²) in [7, 11) is -2.96. The summed E-state index contributed by atoms with van der Waals surface area (Å²) in [6.45, 7) is 1.73. The van der Waals surface area contributed by atoms with Crippen molar-refractivity contribution in [2.75, 3.05) is 22.6 Å². The third-order valence-corrected chi connectivity index (χ3v) is 4.90. The molecule has 0 aromatic carbocycles. The minimum Gasteiger partial charge on any atom is -0.394 e. The highest BCUT2D eigenvalue weighted by Gasteiger charge is 2.25. The van der Waals surface area contributed by atoms with Gasteiger partial charge in [-0.05, 0) is 31.4 Å². The molecule has 0 saturated carbocycles. The van der Waals surface area contributed by atoms with Gasteiger partial charge in [-0.25, -0.2) is 13.4 Å². The van der Waals surface area contributed by atoms with Crippen molar-refractivity contribution in [3.63, 3.8) is 0 Å². The smallest absolute Gasteiger partial charge is 0.224 e. The normalized spacial score (nSPS) is 22.7. The number of nitrogens with zero attached hydrogens (tertiary/aromatic N) is 2. The van der Waals surface area contributed by atoms with Gasteiger partial charge in [0.15, 0.2) is 15.7 Å². The molecule has 1 aromatic rings. The SMILES string of the molecule is Cc1nc(Cl)nc(NC2CCCS(=O)(=O)C2)c1N. The number of nitrogen functional groups attached to an aromatic ring is 1. The Labute approximate surface area is 111 Å². The minimum absolute atomic E-state index is 0.0999. The molecule has 0 aliphatic carbocycles. The second-order valence-electron chi connectivity index (χ2n) is 4.44. The topological polar surface area (TPSA) is 98.0 Å². The molecule has 1 aliphatic heterocycles. The number of sulfone groups is 1. The lowest BCUT2D eigenvalue weighted by Crippen LogP contribution is -2.35. The first kappa shape index (κ1) is 13.4. The fraction of sp³-hybridized carbons (Fsp3) is 0.600. The molecule has 2 heterocycles. The van der Waals surface area contributed by atoms with Crippen LogP contribution >= 0.6 is 11.6 Å². The monoisotopic (exact) mass is 290 g/mol. The molecule has 8 heteroatoms. The maximum atomic E-state index is 11.5. The average Bonchev–Trinajstić information content (AvgIpc) is 2.24. The number of rotatable bonds is 2. The van der Waals surface area contributed by atoms with Crippen molar-refractivity contribution in [1.82, 2.24) is 9.97 Å². The molecule has 3 N–H and O–H groups in total. The van der Waals surface area contributed by atoms with E-state index < -0.39 is 9.84 Å². The zero-order valence-electron chi connectivity index (χ0n) is 9.98. The molecule has 1 fully saturated rings. The lowest BCUT2D eigenvalue weighted by molar-refractivity contribution is 0.561. The van der Waals surface area contributed by atoms with Gasteiger partial charge in [0.1, 0.15) is 0 Å². The van der Waals surface area contributed by atoms with Gasteiger partial charge in [0.05, 0.1) is 22.9 Å². The summed E-state index contributed by atoms with van der Waals surface area (Å²) in [5.74, 6) is 0.770. The van der Waals surface area contributed by atoms with Crippen molar-refractivity contribution < 1.29 is 8.42 Å². The molecular formula is C10H15ClN4O2S. The van der Waals surface area contributed by atoms with E-state index in [0.29, 0.717) is 23.6 Å². The van der Waals surface area contributed by atoms with Crippen molar-refractivity contribution >= 4 is 32.9 Å². The van der Waals surface area contributed by atoms with Gasteiger partial charge in [-0.2, -0.15) is 4.98 Å². The Balaban J connectivity index is 2.19. The van der Waals surface area contributed by atoms with Gasteiger partial charge in [0.2, 0.25) is 5.28 Å². The second-order valence-corrected chi connectivity index (χ2v) is 7.00. The predicted molar refractivity (Wildman–Crippen MR) is 71.5 cm³/mol. The number of anilines is 2. The molecule has 1 aliphatic rings. The highest BCUT2D eigenvalue weighted by molar-refractivity contribution is 7.91. The van der Waals surface area contributed by atoms with E-state index in [1.165, 1.54) is 0 Å². The number of hydrogen-bond donors (Lipinski definition) is 2. The van der Waals surface area contributed by atoms with E-state index in [1.807, 2.05) is 0 Å². The molecule has 0 radical (unpaired) electrons. The van der Waals surface area contributed by atoms with E-state index in [9.17, 15) is 8.42 Å². The number of hydrogen-bond acceptors (Lipinski definition) is 6. The van der Waals surface area contributed by atoms with E-state index in [4.69, 9.17) is 17.3 Å². The predicted octanol–water partition coefficient (Wildman–Crippen LogP) is 1.01. The van der Waals surface area contributed by atoms with Crippen molar-refractivity contribution in [2.45, 2.75) is 25.8 Å². The average molecular weight is 291 g/mol. The van der Waals surface area contributed by atoms with Crippen LogP contribution in [0.5, 0.6) is 0 Å². The first-order valence-corrected chi connectivity index (χ1v) is 7.84. The highest BCUT2D eigenvalue weighted by Crippen LogP contribution is 2.23. The molecule has 6 nitrogen and oxygen atoms in total. The Kier molecular flexibility index (Phi) is 3.63. The summed E-state index contributed by atoms with van der Waals surface area (Å²) in [5.41, 5.74) is 6.83. The minimum atomic E-state index is -2.96. The molecule has 0 amide bonds. The van der Waals surface area contributed by atoms with Gasteiger partial charge in [-0.3, -0.25) is 0 Å². The number of halogens is 1. The summed E-state index contributed by atoms with van der Waals surface area (Å²) >= 11 is 5.76. The van der Waals surface area contributed by atoms with E-state index >= 15 is 0 Å². The van der Waals surface area contributed by atoms with Gasteiger partial charge in [0, 0.05) is 6.04 Å². The quantitative estimate of drug-likeness (QED) is 0.789. The molecule has 1 aromatic heterocycles. The maximum Gasteiger partial charge on any atom is 0.224 e. The van der Waals surface area contributed by atoms with Crippen LogP contribution in [0.3, 0.4) is 0 Å². The fourth-order valence-corrected chi connectivity index (χ4v) is 3.83. The zero-order chi connectivity index (χ0) is 13.3. The Morgan fingerprint density at radius 3 is 2.83 bits per heavy atom. The van der Waals surface area contributed by atoms with Gasteiger partial charge >= 0.3 is 0 Å². The molecule has 2 rings (SSSR count). The molecule has 1 saturated heterocycles. The summed E-state index contributed by atoms with van der Waals surface area (Å²) in [6.07, 6.45) is 1.43. The summed E-state index contributed by atoms with van der Waals surface area (Å²) < 4.78 is 23.1. The lowest BCUT2D eigenvalue weighted by Gasteiger charge is -2.24. The van der Waals surface area contributed by atoms with Crippen LogP contribution < -0.4 is 11.1 Å². The fourth-order valence-electron chi connectivity index (χ4n) is 1.99. The first-order valence-electron chi connectivity index (χ1n) is 5.64. The Hall–Kier alpha value is -1.08. The van der Waals surface area contributed by atoms with E-state index in [1.54, 1.807) is 6.92 Å². The molecule has 1 unspecified atom stereocenters. The first-order chi connectivity index (χ1) is 8.37. The van der Waals surface area contributed by atoms with E-state index in [-0.39, 0.29) is 22.8 Å². The lowest BCUT2D eigenvalue weighted by atomic mass is 10.2. The molecular weight excluding hydrogens is 276 g/mol. The summed E-state index contributed by atoms with van der Waals surface area (Å²) in [5, 5.41) is 3.15. The van der Waals surface area contributed by atoms with Crippen LogP contribution in [0.15, 0.2) is 0 Å². The zero-order valence-corrected chi connectivity index (χ0v) is 11.6. The second kappa shape index (κ2) is 4.89.